The molecule has 2 aliphatic heterocycles. The number of carbonyl (C=O) groups is 1. The molecule has 0 bridgehead atoms. The summed E-state index contributed by atoms with van der Waals surface area (Å²) in [6.07, 6.45) is 4.38. The maximum atomic E-state index is 12.8. The molecular formula is C16H26N4O3S. The van der Waals surface area contributed by atoms with Crippen molar-refractivity contribution in [2.45, 2.75) is 37.1 Å². The van der Waals surface area contributed by atoms with Crippen molar-refractivity contribution in [1.82, 2.24) is 19.5 Å². The first-order valence-electron chi connectivity index (χ1n) is 8.56. The number of hydrogen-bond acceptors (Lipinski definition) is 4. The first kappa shape index (κ1) is 17.4. The van der Waals surface area contributed by atoms with Gasteiger partial charge in [0, 0.05) is 38.9 Å². The summed E-state index contributed by atoms with van der Waals surface area (Å²) in [6.45, 7) is 4.82. The topological polar surface area (TPSA) is 83.4 Å². The van der Waals surface area contributed by atoms with Crippen molar-refractivity contribution in [3.8, 4) is 0 Å². The van der Waals surface area contributed by atoms with Crippen molar-refractivity contribution in [3.63, 3.8) is 0 Å². The van der Waals surface area contributed by atoms with Crippen LogP contribution in [0.2, 0.25) is 0 Å². The molecule has 0 saturated carbocycles. The molecule has 2 unspecified atom stereocenters. The third-order valence-electron chi connectivity index (χ3n) is 4.87. The van der Waals surface area contributed by atoms with Crippen molar-refractivity contribution >= 4 is 15.9 Å². The van der Waals surface area contributed by atoms with E-state index < -0.39 is 10.0 Å². The van der Waals surface area contributed by atoms with Crippen LogP contribution in [0.25, 0.3) is 0 Å². The molecule has 0 radical (unpaired) electrons. The fraction of sp³-hybridized carbons (Fsp3) is 0.688. The Morgan fingerprint density at radius 2 is 2.17 bits per heavy atom. The smallest absolute Gasteiger partial charge is 0.268 e. The highest BCUT2D eigenvalue weighted by Gasteiger charge is 2.31. The van der Waals surface area contributed by atoms with Gasteiger partial charge in [-0.3, -0.25) is 4.79 Å². The normalized spacial score (nSPS) is 25.8. The van der Waals surface area contributed by atoms with E-state index >= 15 is 0 Å². The van der Waals surface area contributed by atoms with Gasteiger partial charge in [0.2, 0.25) is 10.0 Å². The Morgan fingerprint density at radius 1 is 1.38 bits per heavy atom. The molecule has 1 amide bonds. The minimum atomic E-state index is -3.54. The zero-order chi connectivity index (χ0) is 17.3. The van der Waals surface area contributed by atoms with E-state index in [4.69, 9.17) is 0 Å². The van der Waals surface area contributed by atoms with Crippen LogP contribution in [0, 0.1) is 5.92 Å². The summed E-state index contributed by atoms with van der Waals surface area (Å²) in [5, 5.41) is 6.15. The first-order valence-corrected chi connectivity index (χ1v) is 10.00. The zero-order valence-corrected chi connectivity index (χ0v) is 15.1. The van der Waals surface area contributed by atoms with Crippen molar-refractivity contribution in [3.05, 3.63) is 18.0 Å². The molecule has 2 aliphatic rings. The van der Waals surface area contributed by atoms with Crippen molar-refractivity contribution in [2.75, 3.05) is 26.2 Å². The van der Waals surface area contributed by atoms with Crippen LogP contribution in [0.4, 0.5) is 0 Å². The third-order valence-corrected chi connectivity index (χ3v) is 6.70. The molecule has 0 aromatic carbocycles. The van der Waals surface area contributed by atoms with E-state index in [1.54, 1.807) is 15.9 Å². The Bertz CT molecular complexity index is 707. The molecule has 3 heterocycles. The molecule has 2 N–H and O–H groups in total. The lowest BCUT2D eigenvalue weighted by Crippen LogP contribution is -2.39. The van der Waals surface area contributed by atoms with E-state index in [1.807, 2.05) is 0 Å². The highest BCUT2D eigenvalue weighted by Crippen LogP contribution is 2.24. The van der Waals surface area contributed by atoms with Crippen LogP contribution >= 0.6 is 0 Å². The average molecular weight is 354 g/mol. The highest BCUT2D eigenvalue weighted by atomic mass is 32.2. The van der Waals surface area contributed by atoms with Crippen molar-refractivity contribution < 1.29 is 13.2 Å². The van der Waals surface area contributed by atoms with E-state index in [-0.39, 0.29) is 16.8 Å². The number of nitrogens with one attached hydrogen (secondary N) is 2. The monoisotopic (exact) mass is 354 g/mol. The van der Waals surface area contributed by atoms with Gasteiger partial charge in [-0.05, 0) is 37.8 Å². The molecule has 134 valence electrons. The van der Waals surface area contributed by atoms with Gasteiger partial charge in [-0.1, -0.05) is 6.92 Å². The number of amides is 1. The molecule has 1 aromatic heterocycles. The van der Waals surface area contributed by atoms with Crippen molar-refractivity contribution in [2.24, 2.45) is 13.0 Å². The Kier molecular flexibility index (Phi) is 4.98. The number of carbonyl (C=O) groups excluding carboxylic acids is 1. The SMILES string of the molecule is CC1CCCN(S(=O)(=O)c2cc(C(=O)NC3CCNC3)n(C)c2)C1. The predicted molar refractivity (Wildman–Crippen MR) is 91.3 cm³/mol. The summed E-state index contributed by atoms with van der Waals surface area (Å²) in [7, 11) is -1.83. The van der Waals surface area contributed by atoms with E-state index in [0.29, 0.717) is 24.7 Å². The largest absolute Gasteiger partial charge is 0.347 e. The van der Waals surface area contributed by atoms with Crippen LogP contribution in [0.3, 0.4) is 0 Å². The summed E-state index contributed by atoms with van der Waals surface area (Å²) >= 11 is 0. The maximum Gasteiger partial charge on any atom is 0.268 e. The average Bonchev–Trinajstić information content (AvgIpc) is 3.17. The quantitative estimate of drug-likeness (QED) is 0.827. The van der Waals surface area contributed by atoms with Gasteiger partial charge in [-0.15, -0.1) is 0 Å². The second kappa shape index (κ2) is 6.85. The minimum Gasteiger partial charge on any atom is -0.347 e. The van der Waals surface area contributed by atoms with E-state index in [9.17, 15) is 13.2 Å². The predicted octanol–water partition coefficient (Wildman–Crippen LogP) is 0.537. The third kappa shape index (κ3) is 3.50. The molecule has 0 spiro atoms. The summed E-state index contributed by atoms with van der Waals surface area (Å²) < 4.78 is 28.8. The lowest BCUT2D eigenvalue weighted by molar-refractivity contribution is 0.0932. The molecule has 2 fully saturated rings. The van der Waals surface area contributed by atoms with Crippen LogP contribution in [0.15, 0.2) is 17.2 Å². The van der Waals surface area contributed by atoms with Crippen LogP contribution in [0.1, 0.15) is 36.7 Å². The molecule has 2 saturated heterocycles. The second-order valence-corrected chi connectivity index (χ2v) is 8.88. The van der Waals surface area contributed by atoms with Crippen LogP contribution in [-0.2, 0) is 17.1 Å². The lowest BCUT2D eigenvalue weighted by atomic mass is 10.0. The fourth-order valence-electron chi connectivity index (χ4n) is 3.45. The van der Waals surface area contributed by atoms with E-state index in [2.05, 4.69) is 17.6 Å². The number of aromatic nitrogens is 1. The Balaban J connectivity index is 1.78. The van der Waals surface area contributed by atoms with Gasteiger partial charge in [-0.25, -0.2) is 8.42 Å². The van der Waals surface area contributed by atoms with Gasteiger partial charge in [0.05, 0.1) is 0 Å². The number of hydrogen-bond donors (Lipinski definition) is 2. The van der Waals surface area contributed by atoms with Gasteiger partial charge in [-0.2, -0.15) is 4.31 Å². The molecule has 8 heteroatoms. The number of nitrogens with zero attached hydrogens (tertiary/aromatic N) is 2. The molecule has 2 atom stereocenters. The molecule has 0 aliphatic carbocycles. The highest BCUT2D eigenvalue weighted by molar-refractivity contribution is 7.89. The molecular weight excluding hydrogens is 328 g/mol. The molecule has 3 rings (SSSR count). The molecule has 1 aromatic rings. The van der Waals surface area contributed by atoms with Gasteiger partial charge < -0.3 is 15.2 Å². The van der Waals surface area contributed by atoms with Gasteiger partial charge >= 0.3 is 0 Å². The standard InChI is InChI=1S/C16H26N4O3S/c1-12-4-3-7-20(10-12)24(22,23)14-8-15(19(2)11-14)16(21)18-13-5-6-17-9-13/h8,11-13,17H,3-7,9-10H2,1-2H3,(H,18,21). The second-order valence-electron chi connectivity index (χ2n) is 6.95. The number of aryl methyl sites for hydroxylation is 1. The maximum absolute atomic E-state index is 12.8. The Hall–Kier alpha value is -1.38. The summed E-state index contributed by atoms with van der Waals surface area (Å²) in [4.78, 5) is 12.6. The molecule has 7 nitrogen and oxygen atoms in total. The summed E-state index contributed by atoms with van der Waals surface area (Å²) in [5.74, 6) is 0.148. The van der Waals surface area contributed by atoms with Gasteiger partial charge in [0.25, 0.3) is 5.91 Å². The van der Waals surface area contributed by atoms with Gasteiger partial charge in [0.1, 0.15) is 10.6 Å². The number of piperidine rings is 1. The minimum absolute atomic E-state index is 0.107. The fourth-order valence-corrected chi connectivity index (χ4v) is 5.12. The molecule has 24 heavy (non-hydrogen) atoms. The van der Waals surface area contributed by atoms with Crippen LogP contribution in [0.5, 0.6) is 0 Å². The number of sulfonamides is 1. The summed E-state index contributed by atoms with van der Waals surface area (Å²) in [5.41, 5.74) is 0.380. The van der Waals surface area contributed by atoms with Crippen LogP contribution < -0.4 is 10.6 Å². The van der Waals surface area contributed by atoms with E-state index in [1.165, 1.54) is 12.3 Å². The van der Waals surface area contributed by atoms with Crippen molar-refractivity contribution in [1.29, 1.82) is 0 Å². The zero-order valence-electron chi connectivity index (χ0n) is 14.3. The summed E-state index contributed by atoms with van der Waals surface area (Å²) in [6, 6.07) is 1.60. The van der Waals surface area contributed by atoms with Crippen LogP contribution in [-0.4, -0.2) is 55.4 Å². The van der Waals surface area contributed by atoms with E-state index in [0.717, 1.165) is 32.4 Å². The Labute approximate surface area is 143 Å². The number of rotatable bonds is 4. The first-order chi connectivity index (χ1) is 11.4. The Morgan fingerprint density at radius 3 is 2.83 bits per heavy atom. The lowest BCUT2D eigenvalue weighted by Gasteiger charge is -2.29. The van der Waals surface area contributed by atoms with Gasteiger partial charge in [0.15, 0.2) is 0 Å².